The Bertz CT molecular complexity index is 1780. The Hall–Kier alpha value is -3.35. The van der Waals surface area contributed by atoms with Crippen LogP contribution in [0.2, 0.25) is 0 Å². The average Bonchev–Trinajstić information content (AvgIpc) is 3.45. The first kappa shape index (κ1) is 32.6. The summed E-state index contributed by atoms with van der Waals surface area (Å²) in [5.41, 5.74) is 3.34. The zero-order valence-electron chi connectivity index (χ0n) is 25.4. The molecule has 3 aromatic carbocycles. The maximum Gasteiger partial charge on any atom is 0.338 e. The second-order valence-corrected chi connectivity index (χ2v) is 13.9. The molecule has 0 spiro atoms. The van der Waals surface area contributed by atoms with Gasteiger partial charge in [0, 0.05) is 15.9 Å². The first-order valence-electron chi connectivity index (χ1n) is 15.1. The third kappa shape index (κ3) is 7.29. The number of thioether (sulfide) groups is 1. The van der Waals surface area contributed by atoms with Crippen molar-refractivity contribution in [3.63, 3.8) is 0 Å². The highest BCUT2D eigenvalue weighted by Gasteiger charge is 2.37. The van der Waals surface area contributed by atoms with Gasteiger partial charge < -0.3 is 19.5 Å². The Morgan fingerprint density at radius 2 is 1.89 bits per heavy atom. The van der Waals surface area contributed by atoms with Gasteiger partial charge >= 0.3 is 5.97 Å². The van der Waals surface area contributed by atoms with Gasteiger partial charge in [0.25, 0.3) is 0 Å². The van der Waals surface area contributed by atoms with Crippen LogP contribution < -0.4 is 14.8 Å². The minimum absolute atomic E-state index is 0.124. The summed E-state index contributed by atoms with van der Waals surface area (Å²) in [4.78, 5) is 18.6. The molecule has 1 fully saturated rings. The number of carbonyl (C=O) groups is 1. The van der Waals surface area contributed by atoms with E-state index < -0.39 is 12.0 Å². The lowest BCUT2D eigenvalue weighted by molar-refractivity contribution is -0.146. The van der Waals surface area contributed by atoms with E-state index in [1.54, 1.807) is 30.0 Å². The Kier molecular flexibility index (Phi) is 10.3. The van der Waals surface area contributed by atoms with E-state index >= 15 is 0 Å². The molecule has 240 valence electrons. The van der Waals surface area contributed by atoms with Gasteiger partial charge in [-0.3, -0.25) is 0 Å². The van der Waals surface area contributed by atoms with Gasteiger partial charge in [-0.15, -0.1) is 5.10 Å². The Balaban J connectivity index is 1.35. The van der Waals surface area contributed by atoms with Gasteiger partial charge in [0.05, 0.1) is 17.2 Å². The molecule has 46 heavy (non-hydrogen) atoms. The summed E-state index contributed by atoms with van der Waals surface area (Å²) in [6.45, 7) is 2.17. The number of nitrogens with one attached hydrogen (secondary N) is 1. The van der Waals surface area contributed by atoms with E-state index in [1.165, 1.54) is 17.8 Å². The number of rotatable bonds is 10. The van der Waals surface area contributed by atoms with Crippen LogP contribution in [0.1, 0.15) is 61.8 Å². The van der Waals surface area contributed by atoms with E-state index in [9.17, 15) is 9.18 Å². The number of anilines is 1. The van der Waals surface area contributed by atoms with Crippen molar-refractivity contribution < 1.29 is 23.4 Å². The molecule has 0 radical (unpaired) electrons. The second-order valence-electron chi connectivity index (χ2n) is 11.2. The predicted octanol–water partition coefficient (Wildman–Crippen LogP) is 8.99. The molecule has 0 amide bonds. The third-order valence-electron chi connectivity index (χ3n) is 8.03. The van der Waals surface area contributed by atoms with Crippen LogP contribution in [0.4, 0.5) is 10.3 Å². The maximum atomic E-state index is 14.3. The number of esters is 1. The van der Waals surface area contributed by atoms with Crippen LogP contribution in [0.3, 0.4) is 0 Å². The van der Waals surface area contributed by atoms with E-state index in [1.807, 2.05) is 43.3 Å². The Morgan fingerprint density at radius 3 is 2.65 bits per heavy atom. The predicted molar refractivity (Wildman–Crippen MR) is 183 cm³/mol. The van der Waals surface area contributed by atoms with Crippen LogP contribution in [-0.4, -0.2) is 33.9 Å². The summed E-state index contributed by atoms with van der Waals surface area (Å²) in [7, 11) is 1.58. The number of benzene rings is 3. The van der Waals surface area contributed by atoms with E-state index in [4.69, 9.17) is 24.3 Å². The van der Waals surface area contributed by atoms with Crippen LogP contribution in [0.15, 0.2) is 86.0 Å². The molecule has 1 unspecified atom stereocenters. The van der Waals surface area contributed by atoms with Gasteiger partial charge in [-0.05, 0) is 95.6 Å². The molecule has 12 heteroatoms. The number of carbonyl (C=O) groups excluding carboxylic acids is 1. The summed E-state index contributed by atoms with van der Waals surface area (Å²) in [6, 6.07) is 17.6. The molecule has 0 saturated heterocycles. The lowest BCUT2D eigenvalue weighted by atomic mass is 9.94. The number of aromatic nitrogens is 3. The van der Waals surface area contributed by atoms with Gasteiger partial charge in [-0.2, -0.15) is 4.98 Å². The SMILES string of the molecule is COc1cc(C2C(C(=O)OC3CCCCC3)=C(C)Nc3nc(SCc4ccccc4F)nn32)cc(Br)c1OCc1cccc(Br)c1. The smallest absolute Gasteiger partial charge is 0.338 e. The van der Waals surface area contributed by atoms with Gasteiger partial charge in [0.15, 0.2) is 11.5 Å². The Labute approximate surface area is 288 Å². The number of hydrogen-bond donors (Lipinski definition) is 1. The minimum atomic E-state index is -0.674. The van der Waals surface area contributed by atoms with Crippen molar-refractivity contribution in [1.82, 2.24) is 14.8 Å². The van der Waals surface area contributed by atoms with E-state index in [2.05, 4.69) is 37.2 Å². The molecular formula is C34H33Br2FN4O4S. The number of allylic oxidation sites excluding steroid dienone is 1. The summed E-state index contributed by atoms with van der Waals surface area (Å²) in [6.07, 6.45) is 4.81. The molecular weight excluding hydrogens is 739 g/mol. The fourth-order valence-electron chi connectivity index (χ4n) is 5.74. The lowest BCUT2D eigenvalue weighted by Gasteiger charge is -2.30. The zero-order chi connectivity index (χ0) is 32.2. The van der Waals surface area contributed by atoms with Crippen molar-refractivity contribution in [3.05, 3.63) is 103 Å². The number of nitrogens with zero attached hydrogens (tertiary/aromatic N) is 3. The molecule has 1 N–H and O–H groups in total. The van der Waals surface area contributed by atoms with E-state index in [-0.39, 0.29) is 11.9 Å². The molecule has 1 atom stereocenters. The third-order valence-corrected chi connectivity index (χ3v) is 10.0. The van der Waals surface area contributed by atoms with Crippen molar-refractivity contribution in [1.29, 1.82) is 0 Å². The van der Waals surface area contributed by atoms with Crippen LogP contribution in [0.5, 0.6) is 11.5 Å². The number of fused-ring (bicyclic) bond motifs is 1. The normalized spacial score (nSPS) is 16.5. The van der Waals surface area contributed by atoms with Crippen molar-refractivity contribution in [2.75, 3.05) is 12.4 Å². The van der Waals surface area contributed by atoms with Crippen LogP contribution in [0.25, 0.3) is 0 Å². The topological polar surface area (TPSA) is 87.5 Å². The quantitative estimate of drug-likeness (QED) is 0.126. The molecule has 2 heterocycles. The zero-order valence-corrected chi connectivity index (χ0v) is 29.4. The van der Waals surface area contributed by atoms with E-state index in [0.29, 0.717) is 56.3 Å². The van der Waals surface area contributed by atoms with Crippen molar-refractivity contribution in [3.8, 4) is 11.5 Å². The van der Waals surface area contributed by atoms with E-state index in [0.717, 1.165) is 47.7 Å². The van der Waals surface area contributed by atoms with Crippen molar-refractivity contribution in [2.24, 2.45) is 0 Å². The molecule has 1 aromatic heterocycles. The fourth-order valence-corrected chi connectivity index (χ4v) is 7.58. The summed E-state index contributed by atoms with van der Waals surface area (Å²) < 4.78 is 35.8. The highest BCUT2D eigenvalue weighted by Crippen LogP contribution is 2.44. The molecule has 0 bridgehead atoms. The van der Waals surface area contributed by atoms with Crippen LogP contribution in [-0.2, 0) is 21.9 Å². The van der Waals surface area contributed by atoms with Gasteiger partial charge in [0.1, 0.15) is 24.6 Å². The average molecular weight is 773 g/mol. The fraction of sp³-hybridized carbons (Fsp3) is 0.324. The standard InChI is InChI=1S/C34H33Br2FN4O4S/c1-20-29(32(42)45-25-12-4-3-5-13-25)30(41-33(38-20)39-34(40-41)46-19-22-10-6-7-14-27(22)37)23-16-26(36)31(28(17-23)43-2)44-18-21-9-8-11-24(35)15-21/h6-11,14-17,25,30H,3-5,12-13,18-19H2,1-2H3,(H,38,39,40). The molecule has 1 aliphatic heterocycles. The van der Waals surface area contributed by atoms with Gasteiger partial charge in [-0.1, -0.05) is 64.4 Å². The maximum absolute atomic E-state index is 14.3. The molecule has 8 nitrogen and oxygen atoms in total. The van der Waals surface area contributed by atoms with Gasteiger partial charge in [-0.25, -0.2) is 13.9 Å². The monoisotopic (exact) mass is 770 g/mol. The highest BCUT2D eigenvalue weighted by molar-refractivity contribution is 9.10. The largest absolute Gasteiger partial charge is 0.493 e. The molecule has 1 aliphatic carbocycles. The van der Waals surface area contributed by atoms with Crippen molar-refractivity contribution >= 4 is 55.5 Å². The summed E-state index contributed by atoms with van der Waals surface area (Å²) in [5.74, 6) is 1.18. The number of halogens is 3. The summed E-state index contributed by atoms with van der Waals surface area (Å²) in [5, 5.41) is 8.52. The van der Waals surface area contributed by atoms with Gasteiger partial charge in [0.2, 0.25) is 11.1 Å². The number of ether oxygens (including phenoxy) is 3. The molecule has 6 rings (SSSR count). The molecule has 1 saturated carbocycles. The Morgan fingerprint density at radius 1 is 1.09 bits per heavy atom. The summed E-state index contributed by atoms with van der Waals surface area (Å²) >= 11 is 8.53. The minimum Gasteiger partial charge on any atom is -0.493 e. The molecule has 4 aromatic rings. The molecule has 2 aliphatic rings. The van der Waals surface area contributed by atoms with Crippen LogP contribution in [0, 0.1) is 5.82 Å². The number of hydrogen-bond acceptors (Lipinski definition) is 8. The second kappa shape index (κ2) is 14.6. The first-order valence-corrected chi connectivity index (χ1v) is 17.6. The number of methoxy groups -OCH3 is 1. The van der Waals surface area contributed by atoms with Crippen molar-refractivity contribution in [2.45, 2.75) is 68.7 Å². The highest BCUT2D eigenvalue weighted by atomic mass is 79.9. The first-order chi connectivity index (χ1) is 22.3. The van der Waals surface area contributed by atoms with Crippen LogP contribution >= 0.6 is 43.6 Å². The lowest BCUT2D eigenvalue weighted by Crippen LogP contribution is -2.32.